The molecule has 0 saturated carbocycles. The summed E-state index contributed by atoms with van der Waals surface area (Å²) in [5.41, 5.74) is 5.52. The molecule has 6 N–H and O–H groups in total. The van der Waals surface area contributed by atoms with E-state index in [1.54, 1.807) is 4.57 Å². The molecule has 0 spiro atoms. The number of nitrogens with zero attached hydrogens (tertiary/aromatic N) is 4. The van der Waals surface area contributed by atoms with Gasteiger partial charge >= 0.3 is 0 Å². The van der Waals surface area contributed by atoms with E-state index < -0.39 is 31.1 Å². The highest BCUT2D eigenvalue weighted by atomic mass is 16.6. The highest BCUT2D eigenvalue weighted by molar-refractivity contribution is 5.85. The number of benzene rings is 3. The molecule has 230 valence electrons. The summed E-state index contributed by atoms with van der Waals surface area (Å²) in [7, 11) is 0. The molecule has 1 aliphatic heterocycles. The van der Waals surface area contributed by atoms with Crippen LogP contribution in [0.2, 0.25) is 0 Å². The Bertz CT molecular complexity index is 1840. The molecule has 6 aromatic rings. The highest BCUT2D eigenvalue weighted by Gasteiger charge is 2.44. The molecule has 0 radical (unpaired) electrons. The third-order valence-electron chi connectivity index (χ3n) is 8.44. The van der Waals surface area contributed by atoms with Crippen molar-refractivity contribution in [1.29, 1.82) is 0 Å². The standard InChI is InChI=1S/C34H35N7O4/c42-19-27-29(43)30(44)33(45-27)41-20-38-28-31(37-18-25(21-9-3-1-4-10-21)22-11-5-2-6-12-22)39-34(40-32(28)41)35-16-15-23-17-36-26-14-8-7-13-24(23)26/h1-14,17,20,25,27,29-30,33,36,42-44H,15-16,18-19H2,(H2,35,37,39,40)/t27-,29-,30-,33-/m1/s1. The second-order valence-corrected chi connectivity index (χ2v) is 11.2. The van der Waals surface area contributed by atoms with E-state index in [-0.39, 0.29) is 5.92 Å². The van der Waals surface area contributed by atoms with Crippen LogP contribution in [0.25, 0.3) is 22.1 Å². The zero-order chi connectivity index (χ0) is 30.8. The van der Waals surface area contributed by atoms with Gasteiger partial charge in [0.1, 0.15) is 18.3 Å². The molecule has 45 heavy (non-hydrogen) atoms. The van der Waals surface area contributed by atoms with E-state index in [9.17, 15) is 15.3 Å². The van der Waals surface area contributed by atoms with Crippen molar-refractivity contribution in [3.8, 4) is 0 Å². The van der Waals surface area contributed by atoms with Crippen LogP contribution < -0.4 is 10.6 Å². The number of aromatic amines is 1. The van der Waals surface area contributed by atoms with Crippen LogP contribution in [0, 0.1) is 0 Å². The number of nitrogens with one attached hydrogen (secondary N) is 3. The molecule has 7 rings (SSSR count). The van der Waals surface area contributed by atoms with Gasteiger partial charge in [-0.1, -0.05) is 78.9 Å². The van der Waals surface area contributed by atoms with Crippen LogP contribution in [-0.2, 0) is 11.2 Å². The van der Waals surface area contributed by atoms with E-state index >= 15 is 0 Å². The molecule has 4 heterocycles. The number of hydrogen-bond acceptors (Lipinski definition) is 9. The summed E-state index contributed by atoms with van der Waals surface area (Å²) in [5, 5.41) is 38.9. The summed E-state index contributed by atoms with van der Waals surface area (Å²) in [6.45, 7) is 0.686. The van der Waals surface area contributed by atoms with Crippen LogP contribution in [0.4, 0.5) is 11.8 Å². The van der Waals surface area contributed by atoms with E-state index in [0.29, 0.717) is 36.0 Å². The molecule has 4 atom stereocenters. The fraction of sp³-hybridized carbons (Fsp3) is 0.265. The fourth-order valence-corrected chi connectivity index (χ4v) is 6.06. The number of aliphatic hydroxyl groups is 3. The quantitative estimate of drug-likeness (QED) is 0.129. The molecular formula is C34H35N7O4. The maximum atomic E-state index is 10.8. The molecule has 0 aliphatic carbocycles. The van der Waals surface area contributed by atoms with E-state index in [4.69, 9.17) is 14.7 Å². The number of H-pyrrole nitrogens is 1. The van der Waals surface area contributed by atoms with Crippen molar-refractivity contribution in [3.05, 3.63) is 114 Å². The van der Waals surface area contributed by atoms with Crippen LogP contribution in [0.1, 0.15) is 28.8 Å². The molecule has 3 aromatic carbocycles. The van der Waals surface area contributed by atoms with Gasteiger partial charge < -0.3 is 35.7 Å². The van der Waals surface area contributed by atoms with Gasteiger partial charge in [0.05, 0.1) is 12.9 Å². The number of anilines is 2. The molecule has 0 amide bonds. The second-order valence-electron chi connectivity index (χ2n) is 11.2. The van der Waals surface area contributed by atoms with Crippen LogP contribution in [-0.4, -0.2) is 77.8 Å². The van der Waals surface area contributed by atoms with Crippen molar-refractivity contribution < 1.29 is 20.1 Å². The fourth-order valence-electron chi connectivity index (χ4n) is 6.06. The summed E-state index contributed by atoms with van der Waals surface area (Å²) in [6, 6.07) is 28.8. The number of imidazole rings is 1. The summed E-state index contributed by atoms with van der Waals surface area (Å²) < 4.78 is 7.41. The maximum Gasteiger partial charge on any atom is 0.226 e. The van der Waals surface area contributed by atoms with Crippen molar-refractivity contribution in [2.24, 2.45) is 0 Å². The second kappa shape index (κ2) is 12.7. The predicted molar refractivity (Wildman–Crippen MR) is 172 cm³/mol. The first kappa shape index (κ1) is 28.9. The van der Waals surface area contributed by atoms with E-state index in [0.717, 1.165) is 23.1 Å². The minimum atomic E-state index is -1.27. The zero-order valence-corrected chi connectivity index (χ0v) is 24.5. The molecular weight excluding hydrogens is 570 g/mol. The van der Waals surface area contributed by atoms with Crippen molar-refractivity contribution in [2.45, 2.75) is 36.9 Å². The Kier molecular flexibility index (Phi) is 8.14. The Labute approximate surface area is 259 Å². The molecule has 11 heteroatoms. The van der Waals surface area contributed by atoms with Crippen LogP contribution in [0.15, 0.2) is 97.5 Å². The number of aromatic nitrogens is 5. The lowest BCUT2D eigenvalue weighted by Crippen LogP contribution is -2.33. The first-order valence-corrected chi connectivity index (χ1v) is 15.1. The lowest BCUT2D eigenvalue weighted by molar-refractivity contribution is -0.0511. The Morgan fingerprint density at radius 1 is 0.867 bits per heavy atom. The first-order valence-electron chi connectivity index (χ1n) is 15.1. The van der Waals surface area contributed by atoms with Gasteiger partial charge in [-0.15, -0.1) is 0 Å². The summed E-state index contributed by atoms with van der Waals surface area (Å²) in [6.07, 6.45) is -0.141. The smallest absolute Gasteiger partial charge is 0.226 e. The van der Waals surface area contributed by atoms with Gasteiger partial charge in [-0.3, -0.25) is 4.57 Å². The monoisotopic (exact) mass is 605 g/mol. The minimum Gasteiger partial charge on any atom is -0.394 e. The third kappa shape index (κ3) is 5.74. The average molecular weight is 606 g/mol. The van der Waals surface area contributed by atoms with Crippen LogP contribution in [0.3, 0.4) is 0 Å². The SMILES string of the molecule is OC[C@H]1O[C@@H](n2cnc3c(NCC(c4ccccc4)c4ccccc4)nc(NCCc4c[nH]c5ccccc45)nc32)[C@H](O)[C@@H]1O. The predicted octanol–water partition coefficient (Wildman–Crippen LogP) is 3.82. The lowest BCUT2D eigenvalue weighted by Gasteiger charge is -2.20. The van der Waals surface area contributed by atoms with Gasteiger partial charge in [0, 0.05) is 36.1 Å². The maximum absolute atomic E-state index is 10.8. The molecule has 1 fully saturated rings. The van der Waals surface area contributed by atoms with Gasteiger partial charge in [-0.2, -0.15) is 9.97 Å². The van der Waals surface area contributed by atoms with E-state index in [1.807, 2.05) is 54.7 Å². The zero-order valence-electron chi connectivity index (χ0n) is 24.5. The van der Waals surface area contributed by atoms with Gasteiger partial charge in [0.2, 0.25) is 5.95 Å². The highest BCUT2D eigenvalue weighted by Crippen LogP contribution is 2.33. The third-order valence-corrected chi connectivity index (χ3v) is 8.44. The van der Waals surface area contributed by atoms with Crippen molar-refractivity contribution in [2.75, 3.05) is 30.3 Å². The molecule has 0 bridgehead atoms. The Morgan fingerprint density at radius 3 is 2.29 bits per heavy atom. The number of aliphatic hydroxyl groups excluding tert-OH is 3. The summed E-state index contributed by atoms with van der Waals surface area (Å²) in [4.78, 5) is 17.5. The first-order chi connectivity index (χ1) is 22.1. The largest absolute Gasteiger partial charge is 0.394 e. The van der Waals surface area contributed by atoms with Crippen molar-refractivity contribution in [3.63, 3.8) is 0 Å². The number of fused-ring (bicyclic) bond motifs is 2. The Hall–Kier alpha value is -4.81. The number of rotatable bonds is 11. The van der Waals surface area contributed by atoms with Gasteiger partial charge in [-0.05, 0) is 29.2 Å². The molecule has 3 aromatic heterocycles. The molecule has 0 unspecified atom stereocenters. The Morgan fingerprint density at radius 2 is 1.58 bits per heavy atom. The Balaban J connectivity index is 1.21. The molecule has 1 aliphatic rings. The molecule has 1 saturated heterocycles. The summed E-state index contributed by atoms with van der Waals surface area (Å²) in [5.74, 6) is 0.949. The minimum absolute atomic E-state index is 0.0400. The normalized spacial score (nSPS) is 19.9. The van der Waals surface area contributed by atoms with Crippen molar-refractivity contribution in [1.82, 2.24) is 24.5 Å². The topological polar surface area (TPSA) is 153 Å². The van der Waals surface area contributed by atoms with Gasteiger partial charge in [-0.25, -0.2) is 4.98 Å². The van der Waals surface area contributed by atoms with E-state index in [2.05, 4.69) is 57.0 Å². The van der Waals surface area contributed by atoms with Crippen LogP contribution >= 0.6 is 0 Å². The van der Waals surface area contributed by atoms with Crippen LogP contribution in [0.5, 0.6) is 0 Å². The van der Waals surface area contributed by atoms with Gasteiger partial charge in [0.15, 0.2) is 23.2 Å². The van der Waals surface area contributed by atoms with Gasteiger partial charge in [0.25, 0.3) is 0 Å². The number of ether oxygens (including phenoxy) is 1. The number of para-hydroxylation sites is 1. The average Bonchev–Trinajstić information content (AvgIpc) is 3.78. The van der Waals surface area contributed by atoms with Crippen molar-refractivity contribution >= 4 is 33.8 Å². The lowest BCUT2D eigenvalue weighted by atomic mass is 9.91. The molecule has 11 nitrogen and oxygen atoms in total. The summed E-state index contributed by atoms with van der Waals surface area (Å²) >= 11 is 0. The van der Waals surface area contributed by atoms with E-state index in [1.165, 1.54) is 17.3 Å². The number of hydrogen-bond donors (Lipinski definition) is 6.